The van der Waals surface area contributed by atoms with Gasteiger partial charge in [-0.1, -0.05) is 6.92 Å². The Morgan fingerprint density at radius 2 is 2.05 bits per heavy atom. The molecule has 0 saturated carbocycles. The third kappa shape index (κ3) is 3.90. The van der Waals surface area contributed by atoms with E-state index in [0.29, 0.717) is 6.54 Å². The Morgan fingerprint density at radius 1 is 1.26 bits per heavy atom. The monoisotopic (exact) mass is 289 g/mol. The van der Waals surface area contributed by atoms with Crippen LogP contribution in [-0.2, 0) is 10.0 Å². The molecule has 2 saturated heterocycles. The number of sulfonamides is 1. The largest absolute Gasteiger partial charge is 0.313 e. The zero-order valence-corrected chi connectivity index (χ0v) is 13.0. The van der Waals surface area contributed by atoms with E-state index in [1.54, 1.807) is 4.31 Å². The van der Waals surface area contributed by atoms with E-state index in [2.05, 4.69) is 24.2 Å². The summed E-state index contributed by atoms with van der Waals surface area (Å²) in [5, 5.41) is 3.29. The molecule has 0 bridgehead atoms. The first-order valence-corrected chi connectivity index (χ1v) is 9.05. The maximum absolute atomic E-state index is 12.6. The van der Waals surface area contributed by atoms with Gasteiger partial charge in [-0.15, -0.1) is 0 Å². The minimum Gasteiger partial charge on any atom is -0.313 e. The van der Waals surface area contributed by atoms with Crippen molar-refractivity contribution in [2.24, 2.45) is 0 Å². The molecule has 2 aliphatic rings. The van der Waals surface area contributed by atoms with Crippen molar-refractivity contribution in [2.75, 3.05) is 39.0 Å². The molecule has 2 unspecified atom stereocenters. The van der Waals surface area contributed by atoms with Gasteiger partial charge in [0.1, 0.15) is 0 Å². The highest BCUT2D eigenvalue weighted by Crippen LogP contribution is 2.19. The maximum atomic E-state index is 12.6. The lowest BCUT2D eigenvalue weighted by molar-refractivity contribution is 0.270. The van der Waals surface area contributed by atoms with Crippen LogP contribution in [0, 0.1) is 0 Å². The summed E-state index contributed by atoms with van der Waals surface area (Å²) in [6, 6.07) is 0.294. The van der Waals surface area contributed by atoms with Crippen LogP contribution in [-0.4, -0.2) is 68.7 Å². The molecule has 2 aliphatic heterocycles. The molecule has 2 rings (SSSR count). The molecular formula is C13H27N3O2S. The first-order chi connectivity index (χ1) is 9.03. The van der Waals surface area contributed by atoms with E-state index in [1.165, 1.54) is 0 Å². The quantitative estimate of drug-likeness (QED) is 0.818. The third-order valence-corrected chi connectivity index (χ3v) is 6.27. The average Bonchev–Trinajstić information content (AvgIpc) is 2.75. The predicted molar refractivity (Wildman–Crippen MR) is 77.7 cm³/mol. The fourth-order valence-electron chi connectivity index (χ4n) is 3.17. The van der Waals surface area contributed by atoms with Gasteiger partial charge in [-0.2, -0.15) is 4.31 Å². The van der Waals surface area contributed by atoms with E-state index in [1.807, 2.05) is 0 Å². The van der Waals surface area contributed by atoms with Crippen molar-refractivity contribution in [3.63, 3.8) is 0 Å². The molecule has 0 aromatic rings. The van der Waals surface area contributed by atoms with Crippen LogP contribution in [0.1, 0.15) is 32.6 Å². The molecule has 112 valence electrons. The number of rotatable bonds is 4. The number of nitrogens with one attached hydrogen (secondary N) is 1. The van der Waals surface area contributed by atoms with Crippen LogP contribution in [0.2, 0.25) is 0 Å². The number of nitrogens with zero attached hydrogens (tertiary/aromatic N) is 2. The van der Waals surface area contributed by atoms with Gasteiger partial charge in [-0.3, -0.25) is 0 Å². The summed E-state index contributed by atoms with van der Waals surface area (Å²) >= 11 is 0. The first-order valence-electron chi connectivity index (χ1n) is 7.44. The molecule has 2 atom stereocenters. The van der Waals surface area contributed by atoms with E-state index in [9.17, 15) is 8.42 Å². The lowest BCUT2D eigenvalue weighted by Gasteiger charge is -2.30. The molecule has 0 spiro atoms. The lowest BCUT2D eigenvalue weighted by atomic mass is 10.2. The molecule has 0 aliphatic carbocycles. The maximum Gasteiger partial charge on any atom is 0.215 e. The van der Waals surface area contributed by atoms with E-state index in [4.69, 9.17) is 0 Å². The third-order valence-electron chi connectivity index (χ3n) is 4.25. The zero-order chi connectivity index (χ0) is 13.9. The highest BCUT2D eigenvalue weighted by molar-refractivity contribution is 7.89. The summed E-state index contributed by atoms with van der Waals surface area (Å²) in [6.45, 7) is 5.57. The van der Waals surface area contributed by atoms with E-state index >= 15 is 0 Å². The van der Waals surface area contributed by atoms with Crippen molar-refractivity contribution in [1.29, 1.82) is 0 Å². The van der Waals surface area contributed by atoms with Crippen LogP contribution in [0.5, 0.6) is 0 Å². The Morgan fingerprint density at radius 3 is 2.68 bits per heavy atom. The van der Waals surface area contributed by atoms with E-state index in [-0.39, 0.29) is 17.8 Å². The molecule has 2 heterocycles. The van der Waals surface area contributed by atoms with Crippen LogP contribution in [0.25, 0.3) is 0 Å². The Hall–Kier alpha value is -0.170. The van der Waals surface area contributed by atoms with Crippen LogP contribution in [0.4, 0.5) is 0 Å². The molecule has 19 heavy (non-hydrogen) atoms. The second kappa shape index (κ2) is 6.52. The molecule has 6 heteroatoms. The van der Waals surface area contributed by atoms with Crippen molar-refractivity contribution in [3.05, 3.63) is 0 Å². The predicted octanol–water partition coefficient (Wildman–Crippen LogP) is 0.484. The highest BCUT2D eigenvalue weighted by atomic mass is 32.2. The van der Waals surface area contributed by atoms with Gasteiger partial charge in [0.25, 0.3) is 0 Å². The summed E-state index contributed by atoms with van der Waals surface area (Å²) in [7, 11) is -1.05. The van der Waals surface area contributed by atoms with Gasteiger partial charge in [0, 0.05) is 25.2 Å². The summed E-state index contributed by atoms with van der Waals surface area (Å²) < 4.78 is 27.0. The molecule has 0 radical (unpaired) electrons. The van der Waals surface area contributed by atoms with Gasteiger partial charge in [-0.25, -0.2) is 8.42 Å². The molecular weight excluding hydrogens is 262 g/mol. The van der Waals surface area contributed by atoms with Crippen LogP contribution < -0.4 is 5.32 Å². The lowest BCUT2D eigenvalue weighted by Crippen LogP contribution is -2.47. The molecule has 0 aromatic heterocycles. The topological polar surface area (TPSA) is 52.7 Å². The fraction of sp³-hybridized carbons (Fsp3) is 1.00. The van der Waals surface area contributed by atoms with Gasteiger partial charge in [-0.05, 0) is 45.8 Å². The van der Waals surface area contributed by atoms with Crippen molar-refractivity contribution >= 4 is 10.0 Å². The normalized spacial score (nSPS) is 31.5. The van der Waals surface area contributed by atoms with Crippen molar-refractivity contribution in [1.82, 2.24) is 14.5 Å². The van der Waals surface area contributed by atoms with Crippen LogP contribution in [0.3, 0.4) is 0 Å². The van der Waals surface area contributed by atoms with Gasteiger partial charge >= 0.3 is 0 Å². The van der Waals surface area contributed by atoms with Gasteiger partial charge in [0.05, 0.1) is 5.75 Å². The van der Waals surface area contributed by atoms with Crippen LogP contribution in [0.15, 0.2) is 0 Å². The van der Waals surface area contributed by atoms with Crippen molar-refractivity contribution in [2.45, 2.75) is 44.7 Å². The second-order valence-corrected chi connectivity index (χ2v) is 7.83. The number of hydrogen-bond acceptors (Lipinski definition) is 4. The summed E-state index contributed by atoms with van der Waals surface area (Å²) in [6.07, 6.45) is 3.91. The number of hydrogen-bond donors (Lipinski definition) is 1. The Kier molecular flexibility index (Phi) is 5.22. The minimum absolute atomic E-state index is 0.138. The summed E-state index contributed by atoms with van der Waals surface area (Å²) in [5.74, 6) is 0.271. The zero-order valence-electron chi connectivity index (χ0n) is 12.1. The number of likely N-dealkylation sites (N-methyl/N-ethyl adjacent to an activating group) is 1. The van der Waals surface area contributed by atoms with Gasteiger partial charge in [0.2, 0.25) is 10.0 Å². The van der Waals surface area contributed by atoms with Gasteiger partial charge in [0.15, 0.2) is 0 Å². The van der Waals surface area contributed by atoms with Crippen LogP contribution >= 0.6 is 0 Å². The Balaban J connectivity index is 2.07. The highest BCUT2D eigenvalue weighted by Gasteiger charge is 2.33. The second-order valence-electron chi connectivity index (χ2n) is 5.86. The molecule has 0 amide bonds. The van der Waals surface area contributed by atoms with E-state index in [0.717, 1.165) is 45.3 Å². The fourth-order valence-corrected chi connectivity index (χ4v) is 5.23. The summed E-state index contributed by atoms with van der Waals surface area (Å²) in [5.41, 5.74) is 0. The average molecular weight is 289 g/mol. The Bertz CT molecular complexity index is 379. The molecule has 1 N–H and O–H groups in total. The SMILES string of the molecule is CCC1CN(C)CCCN1S(=O)(=O)CC1CCCN1. The molecule has 2 fully saturated rings. The Labute approximate surface area is 117 Å². The minimum atomic E-state index is -3.13. The van der Waals surface area contributed by atoms with Crippen molar-refractivity contribution < 1.29 is 8.42 Å². The standard InChI is InChI=1S/C13H27N3O2S/c1-3-13-10-15(2)8-5-9-16(13)19(17,18)11-12-6-4-7-14-12/h12-14H,3-11H2,1-2H3. The smallest absolute Gasteiger partial charge is 0.215 e. The van der Waals surface area contributed by atoms with Crippen molar-refractivity contribution in [3.8, 4) is 0 Å². The molecule has 5 nitrogen and oxygen atoms in total. The molecule has 0 aromatic carbocycles. The first kappa shape index (κ1) is 15.2. The van der Waals surface area contributed by atoms with Gasteiger partial charge < -0.3 is 10.2 Å². The summed E-state index contributed by atoms with van der Waals surface area (Å²) in [4.78, 5) is 2.25. The van der Waals surface area contributed by atoms with E-state index < -0.39 is 10.0 Å².